The van der Waals surface area contributed by atoms with Gasteiger partial charge in [-0.3, -0.25) is 53.5 Å². The van der Waals surface area contributed by atoms with Gasteiger partial charge in [0.15, 0.2) is 29.8 Å². The highest BCUT2D eigenvalue weighted by molar-refractivity contribution is 9.10. The number of aryl methyl sites for hydroxylation is 1. The summed E-state index contributed by atoms with van der Waals surface area (Å²) in [4.78, 5) is 97.5. The molecule has 6 aromatic rings. The van der Waals surface area contributed by atoms with Gasteiger partial charge >= 0.3 is 0 Å². The summed E-state index contributed by atoms with van der Waals surface area (Å²) < 4.78 is 139. The Morgan fingerprint density at radius 1 is 0.417 bits per heavy atom. The number of pyridine rings is 1. The van der Waals surface area contributed by atoms with Gasteiger partial charge in [-0.2, -0.15) is 0 Å². The Balaban J connectivity index is 0.000000130. The van der Waals surface area contributed by atoms with Crippen molar-refractivity contribution in [1.82, 2.24) is 29.5 Å². The number of ether oxygens (including phenoxy) is 9. The number of benzene rings is 5. The van der Waals surface area contributed by atoms with Crippen LogP contribution in [0.5, 0.6) is 11.5 Å². The maximum Gasteiger partial charge on any atom is 0.235 e. The maximum atomic E-state index is 15.2. The second-order valence-corrected chi connectivity index (χ2v) is 35.9. The van der Waals surface area contributed by atoms with Gasteiger partial charge in [0, 0.05) is 98.5 Å². The Kier molecular flexibility index (Phi) is 27.7. The van der Waals surface area contributed by atoms with Gasteiger partial charge in [-0.1, -0.05) is 44.0 Å². The minimum absolute atomic E-state index is 0.0128. The number of nitrogens with zero attached hydrogens (tertiary/aromatic N) is 11. The lowest BCUT2D eigenvalue weighted by molar-refractivity contribution is -0.149. The molecule has 5 amide bonds. The Labute approximate surface area is 747 Å². The molecular formula is C89H104Br2F6N16O14. The smallest absolute Gasteiger partial charge is 0.235 e. The van der Waals surface area contributed by atoms with Crippen molar-refractivity contribution in [2.45, 2.75) is 124 Å². The van der Waals surface area contributed by atoms with Crippen LogP contribution in [-0.4, -0.2) is 223 Å². The number of aromatic nitrogens is 1. The lowest BCUT2D eigenvalue weighted by Gasteiger charge is -2.47. The van der Waals surface area contributed by atoms with Crippen molar-refractivity contribution in [3.05, 3.63) is 192 Å². The fraction of sp³-hybridized carbons (Fsp3) is 0.494. The van der Waals surface area contributed by atoms with Gasteiger partial charge in [0.25, 0.3) is 0 Å². The second kappa shape index (κ2) is 37.9. The Morgan fingerprint density at radius 2 is 0.772 bits per heavy atom. The molecular weight excluding hydrogens is 1790 g/mol. The summed E-state index contributed by atoms with van der Waals surface area (Å²) in [6.07, 6.45) is 6.72. The van der Waals surface area contributed by atoms with Crippen molar-refractivity contribution in [1.29, 1.82) is 0 Å². The molecule has 2 saturated carbocycles. The molecule has 680 valence electrons. The quantitative estimate of drug-likeness (QED) is 0.0563. The molecule has 1 aromatic heterocycles. The van der Waals surface area contributed by atoms with E-state index in [9.17, 15) is 45.9 Å². The summed E-state index contributed by atoms with van der Waals surface area (Å²) in [6.45, 7) is 6.38. The molecule has 2 aliphatic carbocycles. The number of fused-ring (bicyclic) bond motifs is 5. The predicted molar refractivity (Wildman–Crippen MR) is 462 cm³/mol. The van der Waals surface area contributed by atoms with Crippen LogP contribution in [0.2, 0.25) is 0 Å². The van der Waals surface area contributed by atoms with Crippen molar-refractivity contribution in [2.75, 3.05) is 116 Å². The van der Waals surface area contributed by atoms with Crippen LogP contribution in [-0.2, 0) is 84.8 Å². The van der Waals surface area contributed by atoms with Crippen molar-refractivity contribution < 1.29 is 92.9 Å². The number of nitrogens with two attached hydrogens (primary N) is 5. The second-order valence-electron chi connectivity index (χ2n) is 34.1. The van der Waals surface area contributed by atoms with Gasteiger partial charge < -0.3 is 71.3 Å². The molecule has 11 heterocycles. The van der Waals surface area contributed by atoms with Gasteiger partial charge in [-0.15, -0.1) is 0 Å². The van der Waals surface area contributed by atoms with E-state index < -0.39 is 92.5 Å². The minimum Gasteiger partial charge on any atom is -0.493 e. The highest BCUT2D eigenvalue weighted by Gasteiger charge is 2.60. The van der Waals surface area contributed by atoms with Crippen molar-refractivity contribution >= 4 is 91.2 Å². The molecule has 10 N–H and O–H groups in total. The van der Waals surface area contributed by atoms with Crippen LogP contribution in [0.4, 0.5) is 26.3 Å². The average molecular weight is 1900 g/mol. The molecule has 0 unspecified atom stereocenters. The Bertz CT molecular complexity index is 5350. The fourth-order valence-corrected chi connectivity index (χ4v) is 18.8. The zero-order valence-corrected chi connectivity index (χ0v) is 74.9. The van der Waals surface area contributed by atoms with E-state index in [0.717, 1.165) is 41.9 Å². The van der Waals surface area contributed by atoms with E-state index in [1.165, 1.54) is 60.9 Å². The van der Waals surface area contributed by atoms with Gasteiger partial charge in [0.05, 0.1) is 120 Å². The zero-order valence-electron chi connectivity index (χ0n) is 71.7. The molecule has 0 spiro atoms. The first kappa shape index (κ1) is 93.0. The summed E-state index contributed by atoms with van der Waals surface area (Å²) >= 11 is 6.69. The monoisotopic (exact) mass is 1890 g/mol. The largest absolute Gasteiger partial charge is 0.493 e. The van der Waals surface area contributed by atoms with Crippen molar-refractivity contribution in [2.24, 2.45) is 95.1 Å². The summed E-state index contributed by atoms with van der Waals surface area (Å²) in [6, 6.07) is 25.9. The Hall–Kier alpha value is -10.2. The highest BCUT2D eigenvalue weighted by atomic mass is 79.9. The topological polar surface area (TPSA) is 389 Å². The normalized spacial score (nSPS) is 29.6. The lowest BCUT2D eigenvalue weighted by atomic mass is 9.72. The summed E-state index contributed by atoms with van der Waals surface area (Å²) in [5, 5.41) is 0. The van der Waals surface area contributed by atoms with Crippen LogP contribution in [0.25, 0.3) is 0 Å². The number of methoxy groups -OCH3 is 2. The van der Waals surface area contributed by atoms with Crippen LogP contribution < -0.4 is 38.1 Å². The summed E-state index contributed by atoms with van der Waals surface area (Å²) in [7, 11) is 11.0. The highest BCUT2D eigenvalue weighted by Crippen LogP contribution is 2.53. The molecule has 12 aliphatic rings. The van der Waals surface area contributed by atoms with E-state index in [0.29, 0.717) is 109 Å². The molecule has 0 bridgehead atoms. The number of aliphatic imine (C=N–C) groups is 5. The van der Waals surface area contributed by atoms with Crippen LogP contribution in [0.15, 0.2) is 143 Å². The van der Waals surface area contributed by atoms with Gasteiger partial charge in [0.1, 0.15) is 74.1 Å². The molecule has 38 heteroatoms. The van der Waals surface area contributed by atoms with E-state index in [2.05, 4.69) is 61.8 Å². The van der Waals surface area contributed by atoms with Crippen LogP contribution >= 0.6 is 31.9 Å². The van der Waals surface area contributed by atoms with Crippen molar-refractivity contribution in [3.63, 3.8) is 0 Å². The molecule has 5 aromatic carbocycles. The number of hydrogen-bond acceptors (Lipinski definition) is 25. The molecule has 5 saturated heterocycles. The van der Waals surface area contributed by atoms with E-state index in [1.807, 2.05) is 6.92 Å². The third kappa shape index (κ3) is 18.6. The van der Waals surface area contributed by atoms with Crippen molar-refractivity contribution in [3.8, 4) is 11.5 Å². The summed E-state index contributed by atoms with van der Waals surface area (Å²) in [5.74, 6) is -3.90. The number of halogens is 8. The number of rotatable bonds is 16. The van der Waals surface area contributed by atoms with E-state index in [1.54, 1.807) is 123 Å². The molecule has 14 atom stereocenters. The third-order valence-corrected chi connectivity index (χ3v) is 26.7. The van der Waals surface area contributed by atoms with E-state index in [4.69, 9.17) is 71.3 Å². The van der Waals surface area contributed by atoms with Crippen LogP contribution in [0.3, 0.4) is 0 Å². The number of guanidine groups is 5. The first-order valence-corrected chi connectivity index (χ1v) is 43.4. The molecule has 0 radical (unpaired) electrons. The molecule has 30 nitrogen and oxygen atoms in total. The van der Waals surface area contributed by atoms with E-state index in [-0.39, 0.29) is 134 Å². The minimum atomic E-state index is -1.30. The number of hydrogen-bond donors (Lipinski definition) is 5. The Morgan fingerprint density at radius 3 is 1.18 bits per heavy atom. The van der Waals surface area contributed by atoms with Gasteiger partial charge in [0.2, 0.25) is 29.5 Å². The maximum absolute atomic E-state index is 15.2. The zero-order chi connectivity index (χ0) is 91.1. The fourth-order valence-electron chi connectivity index (χ4n) is 18.0. The third-order valence-electron chi connectivity index (χ3n) is 25.7. The molecule has 127 heavy (non-hydrogen) atoms. The summed E-state index contributed by atoms with van der Waals surface area (Å²) in [5.41, 5.74) is 26.7. The predicted octanol–water partition coefficient (Wildman–Crippen LogP) is 9.33. The number of amides is 5. The van der Waals surface area contributed by atoms with E-state index >= 15 is 4.39 Å². The molecule has 18 rings (SSSR count). The van der Waals surface area contributed by atoms with Gasteiger partial charge in [-0.25, -0.2) is 51.3 Å². The molecule has 10 aliphatic heterocycles. The van der Waals surface area contributed by atoms with Crippen LogP contribution in [0.1, 0.15) is 110 Å². The number of carbonyl (C=O) groups excluding carboxylic acids is 5. The average Bonchev–Trinajstić information content (AvgIpc) is 0.965. The van der Waals surface area contributed by atoms with Crippen LogP contribution in [0, 0.1) is 83.3 Å². The standard InChI is InChI=1S/C24H25F2N3O3.C20H26FN3O4.C16H19BrFN3O3.C15H19FN4O2.C14H15BrFN3O2/c1-29-22(30)19-11-21(15-4-6-16(25)7-5-15)32-13-24(19,28-23(29)27)18-10-17(8-9-20(18)26)31-12-14-2-3-14;1-24-18(25)16-8-14(10-26-2)28-11-20(16,23-19(24)22)15-7-13(5-6-17(15)21)27-9-12-3-4-12;1-21-14(22)12-6-10(7-23-2)24-8-16(12,20-15(21)19)11-5-9(17)3-4-13(11)18;1-8-4-10(12(16)6-18-8)15-7-22-9(2)5-11(15)13(21)20(3)14(17)19-15;1-19-12(20)9-4-5-21-7-14(9,18-13(19)17)10-6-8(15)2-3-11(10)16/h4-10,14,19,21H,2-3,11-13H2,1H3,(H2,27,28);5-7,12,14,16H,3-4,8-11H2,1-2H3,(H2,22,23);3-5,10,12H,6-8H2,1-2H3,(H2,19,20);4,6,9,11H,5,7H2,1-3H3,(H2,17,19);2-3,6,9H,4-5,7H2,1H3,(H2,17,18)/t19-,21+,24+;14-,16+,20-;10-,12+,16-;9-,11-,15+;9-,14-/m01100/s1. The lowest BCUT2D eigenvalue weighted by Crippen LogP contribution is -2.60. The molecule has 7 fully saturated rings. The SMILES string of the molecule is CN1C(=O)[C@@H]2CCOC[C@]2(c2cc(Br)ccc2F)N=C1N.CN1C(=O)[C@@H]2C[C@H](c3ccc(F)cc3)OC[C@]2(c2cc(OCC3CC3)ccc2F)N=C1N.COC[C@H]1C[C@H]2C(=O)N(C)C(N)=N[C@@]2(c2cc(Br)ccc2F)CO1.COC[C@H]1C[C@H]2C(=O)N(C)C(N)=N[C@@]2(c2cc(OCC3CC3)ccc2F)CO1.Cc1cc([C@]23CO[C@@H](C)C[C@H]2C(=O)N(C)C(N)=N3)c(F)cn1. The first-order valence-electron chi connectivity index (χ1n) is 41.8. The van der Waals surface area contributed by atoms with Gasteiger partial charge in [-0.05, 0) is 180 Å². The number of carbonyl (C=O) groups is 5. The first-order chi connectivity index (χ1) is 60.5.